The topological polar surface area (TPSA) is 52.3 Å². The molecule has 0 radical (unpaired) electrons. The minimum absolute atomic E-state index is 0.0856. The van der Waals surface area contributed by atoms with Crippen molar-refractivity contribution in [2.75, 3.05) is 7.11 Å². The molecule has 0 amide bonds. The number of carbonyl (C=O) groups is 1. The second kappa shape index (κ2) is 4.07. The molecule has 0 saturated carbocycles. The van der Waals surface area contributed by atoms with Crippen molar-refractivity contribution in [3.05, 3.63) is 24.3 Å². The summed E-state index contributed by atoms with van der Waals surface area (Å²) in [5.74, 6) is -0.262. The van der Waals surface area contributed by atoms with Crippen LogP contribution < -0.4 is 5.73 Å². The second-order valence-corrected chi connectivity index (χ2v) is 2.76. The van der Waals surface area contributed by atoms with Crippen LogP contribution in [0.3, 0.4) is 0 Å². The standard InChI is InChI=1S/C9H13NO2/c1-12-9(11)8(10)7-5-3-2-4-6-7/h2-5,7-8H,6,10H2,1H3/t7?,8-/m1/s1. The van der Waals surface area contributed by atoms with Gasteiger partial charge in [-0.15, -0.1) is 0 Å². The average molecular weight is 167 g/mol. The highest BCUT2D eigenvalue weighted by atomic mass is 16.5. The van der Waals surface area contributed by atoms with E-state index in [1.165, 1.54) is 7.11 Å². The van der Waals surface area contributed by atoms with E-state index in [4.69, 9.17) is 5.73 Å². The van der Waals surface area contributed by atoms with E-state index in [1.807, 2.05) is 24.3 Å². The van der Waals surface area contributed by atoms with Crippen LogP contribution in [-0.4, -0.2) is 19.1 Å². The SMILES string of the molecule is COC(=O)[C@H](N)C1C=CC=CC1. The molecule has 0 spiro atoms. The Labute approximate surface area is 71.9 Å². The molecule has 2 N–H and O–H groups in total. The summed E-state index contributed by atoms with van der Waals surface area (Å²) in [6, 6.07) is -0.531. The molecule has 2 atom stereocenters. The highest BCUT2D eigenvalue weighted by molar-refractivity contribution is 5.76. The fourth-order valence-corrected chi connectivity index (χ4v) is 1.18. The number of hydrogen-bond acceptors (Lipinski definition) is 3. The average Bonchev–Trinajstić information content (AvgIpc) is 2.17. The smallest absolute Gasteiger partial charge is 0.323 e. The van der Waals surface area contributed by atoms with Gasteiger partial charge < -0.3 is 10.5 Å². The minimum Gasteiger partial charge on any atom is -0.468 e. The first-order chi connectivity index (χ1) is 5.75. The summed E-state index contributed by atoms with van der Waals surface area (Å²) in [7, 11) is 1.35. The Morgan fingerprint density at radius 3 is 2.92 bits per heavy atom. The molecular formula is C9H13NO2. The number of hydrogen-bond donors (Lipinski definition) is 1. The summed E-state index contributed by atoms with van der Waals surface area (Å²) in [5, 5.41) is 0. The van der Waals surface area contributed by atoms with Gasteiger partial charge in [-0.2, -0.15) is 0 Å². The lowest BCUT2D eigenvalue weighted by molar-refractivity contribution is -0.143. The maximum absolute atomic E-state index is 11.0. The number of ether oxygens (including phenoxy) is 1. The molecule has 1 unspecified atom stereocenters. The predicted molar refractivity (Wildman–Crippen MR) is 46.4 cm³/mol. The fourth-order valence-electron chi connectivity index (χ4n) is 1.18. The molecule has 0 fully saturated rings. The predicted octanol–water partition coefficient (Wildman–Crippen LogP) is 0.619. The molecule has 1 aliphatic carbocycles. The van der Waals surface area contributed by atoms with E-state index in [-0.39, 0.29) is 11.9 Å². The summed E-state index contributed by atoms with van der Waals surface area (Å²) in [6.07, 6.45) is 8.58. The molecule has 12 heavy (non-hydrogen) atoms. The molecule has 3 heteroatoms. The zero-order valence-corrected chi connectivity index (χ0v) is 7.07. The van der Waals surface area contributed by atoms with Gasteiger partial charge in [-0.3, -0.25) is 4.79 Å². The van der Waals surface area contributed by atoms with Crippen LogP contribution in [0.25, 0.3) is 0 Å². The maximum atomic E-state index is 11.0. The molecule has 0 aromatic rings. The van der Waals surface area contributed by atoms with Crippen molar-refractivity contribution in [2.45, 2.75) is 12.5 Å². The Kier molecular flexibility index (Phi) is 3.05. The van der Waals surface area contributed by atoms with E-state index in [0.717, 1.165) is 6.42 Å². The van der Waals surface area contributed by atoms with Gasteiger partial charge >= 0.3 is 5.97 Å². The molecule has 0 bridgehead atoms. The molecule has 3 nitrogen and oxygen atoms in total. The van der Waals surface area contributed by atoms with Crippen LogP contribution in [0.2, 0.25) is 0 Å². The first-order valence-corrected chi connectivity index (χ1v) is 3.92. The molecular weight excluding hydrogens is 154 g/mol. The second-order valence-electron chi connectivity index (χ2n) is 2.76. The van der Waals surface area contributed by atoms with E-state index in [0.29, 0.717) is 0 Å². The number of methoxy groups -OCH3 is 1. The number of nitrogens with two attached hydrogens (primary N) is 1. The van der Waals surface area contributed by atoms with Crippen LogP contribution in [0.1, 0.15) is 6.42 Å². The molecule has 66 valence electrons. The van der Waals surface area contributed by atoms with E-state index < -0.39 is 6.04 Å². The lowest BCUT2D eigenvalue weighted by atomic mass is 9.93. The Balaban J connectivity index is 2.52. The quantitative estimate of drug-likeness (QED) is 0.613. The largest absolute Gasteiger partial charge is 0.468 e. The van der Waals surface area contributed by atoms with Gasteiger partial charge in [0.25, 0.3) is 0 Å². The van der Waals surface area contributed by atoms with Gasteiger partial charge in [0, 0.05) is 5.92 Å². The Hall–Kier alpha value is -1.09. The Morgan fingerprint density at radius 2 is 2.42 bits per heavy atom. The zero-order chi connectivity index (χ0) is 8.97. The van der Waals surface area contributed by atoms with Crippen molar-refractivity contribution >= 4 is 5.97 Å². The molecule has 0 saturated heterocycles. The van der Waals surface area contributed by atoms with Crippen molar-refractivity contribution in [3.63, 3.8) is 0 Å². The highest BCUT2D eigenvalue weighted by Gasteiger charge is 2.22. The van der Waals surface area contributed by atoms with Crippen LogP contribution in [0.15, 0.2) is 24.3 Å². The van der Waals surface area contributed by atoms with Crippen molar-refractivity contribution in [3.8, 4) is 0 Å². The first kappa shape index (κ1) is 9.00. The normalized spacial score (nSPS) is 23.7. The van der Waals surface area contributed by atoms with Crippen LogP contribution in [0, 0.1) is 5.92 Å². The van der Waals surface area contributed by atoms with Crippen LogP contribution in [-0.2, 0) is 9.53 Å². The fraction of sp³-hybridized carbons (Fsp3) is 0.444. The number of esters is 1. The van der Waals surface area contributed by atoms with Crippen molar-refractivity contribution in [2.24, 2.45) is 11.7 Å². The lowest BCUT2D eigenvalue weighted by Gasteiger charge is -2.18. The van der Waals surface area contributed by atoms with Gasteiger partial charge in [-0.05, 0) is 6.42 Å². The molecule has 0 aromatic heterocycles. The summed E-state index contributed by atoms with van der Waals surface area (Å²) in [5.41, 5.74) is 5.64. The van der Waals surface area contributed by atoms with Gasteiger partial charge in [-0.1, -0.05) is 24.3 Å². The first-order valence-electron chi connectivity index (χ1n) is 3.92. The van der Waals surface area contributed by atoms with E-state index in [1.54, 1.807) is 0 Å². The van der Waals surface area contributed by atoms with E-state index in [9.17, 15) is 4.79 Å². The molecule has 1 aliphatic rings. The summed E-state index contributed by atoms with van der Waals surface area (Å²) in [4.78, 5) is 11.0. The molecule has 0 aliphatic heterocycles. The summed E-state index contributed by atoms with van der Waals surface area (Å²) >= 11 is 0. The minimum atomic E-state index is -0.531. The van der Waals surface area contributed by atoms with Crippen LogP contribution >= 0.6 is 0 Å². The van der Waals surface area contributed by atoms with Gasteiger partial charge in [0.2, 0.25) is 0 Å². The molecule has 0 aromatic carbocycles. The molecule has 0 heterocycles. The third kappa shape index (κ3) is 1.95. The van der Waals surface area contributed by atoms with Gasteiger partial charge in [-0.25, -0.2) is 0 Å². The van der Waals surface area contributed by atoms with Crippen molar-refractivity contribution in [1.29, 1.82) is 0 Å². The van der Waals surface area contributed by atoms with Crippen molar-refractivity contribution in [1.82, 2.24) is 0 Å². The Morgan fingerprint density at radius 1 is 1.67 bits per heavy atom. The third-order valence-corrected chi connectivity index (χ3v) is 1.95. The number of carbonyl (C=O) groups excluding carboxylic acids is 1. The van der Waals surface area contributed by atoms with Gasteiger partial charge in [0.1, 0.15) is 6.04 Å². The zero-order valence-electron chi connectivity index (χ0n) is 7.07. The molecule has 1 rings (SSSR count). The van der Waals surface area contributed by atoms with E-state index in [2.05, 4.69) is 4.74 Å². The highest BCUT2D eigenvalue weighted by Crippen LogP contribution is 2.14. The third-order valence-electron chi connectivity index (χ3n) is 1.95. The maximum Gasteiger partial charge on any atom is 0.323 e. The van der Waals surface area contributed by atoms with Gasteiger partial charge in [0.15, 0.2) is 0 Å². The summed E-state index contributed by atoms with van der Waals surface area (Å²) in [6.45, 7) is 0. The number of rotatable bonds is 2. The van der Waals surface area contributed by atoms with Crippen molar-refractivity contribution < 1.29 is 9.53 Å². The van der Waals surface area contributed by atoms with Crippen LogP contribution in [0.5, 0.6) is 0 Å². The Bertz CT molecular complexity index is 221. The van der Waals surface area contributed by atoms with Crippen LogP contribution in [0.4, 0.5) is 0 Å². The number of allylic oxidation sites excluding steroid dienone is 3. The lowest BCUT2D eigenvalue weighted by Crippen LogP contribution is -2.38. The summed E-state index contributed by atoms with van der Waals surface area (Å²) < 4.78 is 4.54. The van der Waals surface area contributed by atoms with E-state index >= 15 is 0 Å². The van der Waals surface area contributed by atoms with Gasteiger partial charge in [0.05, 0.1) is 7.11 Å². The monoisotopic (exact) mass is 167 g/mol.